The molecule has 6 nitrogen and oxygen atoms in total. The van der Waals surface area contributed by atoms with Crippen LogP contribution in [0.3, 0.4) is 0 Å². The van der Waals surface area contributed by atoms with Crippen LogP contribution in [-0.2, 0) is 6.54 Å². The molecule has 0 radical (unpaired) electrons. The lowest BCUT2D eigenvalue weighted by molar-refractivity contribution is 0.0909. The SMILES string of the molecule is CC(C)c1cccc(C(C)C)c1N1C(=O)c2cccc(C(=O)NCc3ccncc3)c2C1=O. The van der Waals surface area contributed by atoms with E-state index in [-0.39, 0.29) is 28.5 Å². The van der Waals surface area contributed by atoms with Gasteiger partial charge < -0.3 is 5.32 Å². The fraction of sp³-hybridized carbons (Fsp3) is 0.259. The Morgan fingerprint density at radius 2 is 1.48 bits per heavy atom. The molecule has 1 aliphatic rings. The first-order valence-corrected chi connectivity index (χ1v) is 11.1. The molecule has 6 heteroatoms. The molecule has 0 bridgehead atoms. The van der Waals surface area contributed by atoms with E-state index in [1.807, 2.05) is 58.0 Å². The molecule has 168 valence electrons. The van der Waals surface area contributed by atoms with Crippen LogP contribution < -0.4 is 10.2 Å². The number of para-hydroxylation sites is 1. The number of benzene rings is 2. The second kappa shape index (κ2) is 8.98. The average molecular weight is 442 g/mol. The molecule has 1 N–H and O–H groups in total. The topological polar surface area (TPSA) is 79.4 Å². The molecule has 3 aromatic rings. The van der Waals surface area contributed by atoms with Crippen LogP contribution in [0.1, 0.15) is 87.3 Å². The Balaban J connectivity index is 1.74. The Morgan fingerprint density at radius 3 is 2.09 bits per heavy atom. The van der Waals surface area contributed by atoms with E-state index in [0.29, 0.717) is 12.2 Å². The zero-order valence-corrected chi connectivity index (χ0v) is 19.3. The Labute approximate surface area is 193 Å². The highest BCUT2D eigenvalue weighted by Gasteiger charge is 2.41. The van der Waals surface area contributed by atoms with Gasteiger partial charge in [0.25, 0.3) is 17.7 Å². The van der Waals surface area contributed by atoms with E-state index in [1.54, 1.807) is 30.6 Å². The number of fused-ring (bicyclic) bond motifs is 1. The second-order valence-corrected chi connectivity index (χ2v) is 8.81. The van der Waals surface area contributed by atoms with Crippen LogP contribution in [0.2, 0.25) is 0 Å². The number of hydrogen-bond acceptors (Lipinski definition) is 4. The van der Waals surface area contributed by atoms with Crippen LogP contribution in [0.15, 0.2) is 60.9 Å². The van der Waals surface area contributed by atoms with Crippen molar-refractivity contribution in [1.29, 1.82) is 0 Å². The lowest BCUT2D eigenvalue weighted by Gasteiger charge is -2.25. The van der Waals surface area contributed by atoms with Gasteiger partial charge in [-0.1, -0.05) is 52.0 Å². The Kier molecular flexibility index (Phi) is 6.09. The third-order valence-corrected chi connectivity index (χ3v) is 5.93. The van der Waals surface area contributed by atoms with Crippen molar-refractivity contribution >= 4 is 23.4 Å². The molecule has 2 heterocycles. The van der Waals surface area contributed by atoms with Crippen molar-refractivity contribution in [3.05, 3.63) is 94.3 Å². The minimum Gasteiger partial charge on any atom is -0.348 e. The summed E-state index contributed by atoms with van der Waals surface area (Å²) >= 11 is 0. The molecular formula is C27H27N3O3. The van der Waals surface area contributed by atoms with Crippen molar-refractivity contribution in [3.8, 4) is 0 Å². The molecule has 33 heavy (non-hydrogen) atoms. The van der Waals surface area contributed by atoms with E-state index in [0.717, 1.165) is 16.7 Å². The van der Waals surface area contributed by atoms with Crippen LogP contribution in [-0.4, -0.2) is 22.7 Å². The molecule has 0 aliphatic carbocycles. The van der Waals surface area contributed by atoms with Gasteiger partial charge >= 0.3 is 0 Å². The summed E-state index contributed by atoms with van der Waals surface area (Å²) in [7, 11) is 0. The van der Waals surface area contributed by atoms with Gasteiger partial charge in [-0.15, -0.1) is 0 Å². The van der Waals surface area contributed by atoms with E-state index < -0.39 is 17.7 Å². The van der Waals surface area contributed by atoms with E-state index in [1.165, 1.54) is 4.90 Å². The van der Waals surface area contributed by atoms with Gasteiger partial charge in [-0.3, -0.25) is 19.4 Å². The molecule has 0 saturated carbocycles. The van der Waals surface area contributed by atoms with Crippen LogP contribution >= 0.6 is 0 Å². The van der Waals surface area contributed by atoms with Crippen LogP contribution in [0.25, 0.3) is 0 Å². The lowest BCUT2D eigenvalue weighted by atomic mass is 9.92. The standard InChI is InChI=1S/C27H27N3O3/c1-16(2)19-7-5-8-20(17(3)4)24(19)30-26(32)22-10-6-9-21(23(22)27(30)33)25(31)29-15-18-11-13-28-14-12-18/h5-14,16-17H,15H2,1-4H3,(H,29,31). The highest BCUT2D eigenvalue weighted by atomic mass is 16.2. The first-order chi connectivity index (χ1) is 15.8. The molecule has 4 rings (SSSR count). The summed E-state index contributed by atoms with van der Waals surface area (Å²) in [5.41, 5.74) is 4.00. The number of pyridine rings is 1. The summed E-state index contributed by atoms with van der Waals surface area (Å²) in [5.74, 6) is -1.02. The molecular weight excluding hydrogens is 414 g/mol. The fourth-order valence-corrected chi connectivity index (χ4v) is 4.23. The molecule has 1 aromatic heterocycles. The number of carbonyl (C=O) groups excluding carboxylic acids is 3. The van der Waals surface area contributed by atoms with Crippen molar-refractivity contribution < 1.29 is 14.4 Å². The molecule has 1 aliphatic heterocycles. The number of nitrogens with zero attached hydrogens (tertiary/aromatic N) is 2. The summed E-state index contributed by atoms with van der Waals surface area (Å²) < 4.78 is 0. The van der Waals surface area contributed by atoms with Crippen molar-refractivity contribution in [3.63, 3.8) is 0 Å². The largest absolute Gasteiger partial charge is 0.348 e. The van der Waals surface area contributed by atoms with Gasteiger partial charge in [-0.05, 0) is 52.8 Å². The normalized spacial score (nSPS) is 13.1. The lowest BCUT2D eigenvalue weighted by Crippen LogP contribution is -2.32. The van der Waals surface area contributed by atoms with Gasteiger partial charge in [-0.25, -0.2) is 4.90 Å². The van der Waals surface area contributed by atoms with Gasteiger partial charge in [0.2, 0.25) is 0 Å². The minimum absolute atomic E-state index is 0.117. The van der Waals surface area contributed by atoms with Crippen molar-refractivity contribution in [2.24, 2.45) is 0 Å². The predicted molar refractivity (Wildman–Crippen MR) is 128 cm³/mol. The number of nitrogens with one attached hydrogen (secondary N) is 1. The molecule has 0 spiro atoms. The van der Waals surface area contributed by atoms with Crippen LogP contribution in [0, 0.1) is 0 Å². The second-order valence-electron chi connectivity index (χ2n) is 8.81. The zero-order valence-electron chi connectivity index (χ0n) is 19.3. The van der Waals surface area contributed by atoms with Crippen molar-refractivity contribution in [2.45, 2.75) is 46.1 Å². The number of aromatic nitrogens is 1. The fourth-order valence-electron chi connectivity index (χ4n) is 4.23. The molecule has 3 amide bonds. The van der Waals surface area contributed by atoms with E-state index in [2.05, 4.69) is 10.3 Å². The Hall–Kier alpha value is -3.80. The third kappa shape index (κ3) is 4.04. The summed E-state index contributed by atoms with van der Waals surface area (Å²) in [4.78, 5) is 45.4. The van der Waals surface area contributed by atoms with E-state index in [4.69, 9.17) is 0 Å². The summed E-state index contributed by atoms with van der Waals surface area (Å²) in [6, 6.07) is 14.3. The maximum atomic E-state index is 13.7. The van der Waals surface area contributed by atoms with Gasteiger partial charge in [0, 0.05) is 18.9 Å². The highest BCUT2D eigenvalue weighted by Crippen LogP contribution is 2.40. The smallest absolute Gasteiger partial charge is 0.266 e. The quantitative estimate of drug-likeness (QED) is 0.543. The number of rotatable bonds is 6. The molecule has 0 atom stereocenters. The summed E-state index contributed by atoms with van der Waals surface area (Å²) in [6.45, 7) is 8.46. The predicted octanol–water partition coefficient (Wildman–Crippen LogP) is 5.06. The van der Waals surface area contributed by atoms with Gasteiger partial charge in [0.15, 0.2) is 0 Å². The maximum Gasteiger partial charge on any atom is 0.266 e. The molecule has 0 saturated heterocycles. The first-order valence-electron chi connectivity index (χ1n) is 11.1. The molecule has 2 aromatic carbocycles. The zero-order chi connectivity index (χ0) is 23.7. The first kappa shape index (κ1) is 22.4. The van der Waals surface area contributed by atoms with Crippen LogP contribution in [0.5, 0.6) is 0 Å². The number of imide groups is 1. The Bertz CT molecular complexity index is 1210. The maximum absolute atomic E-state index is 13.7. The average Bonchev–Trinajstić information content (AvgIpc) is 3.07. The van der Waals surface area contributed by atoms with Crippen LogP contribution in [0.4, 0.5) is 5.69 Å². The number of hydrogen-bond donors (Lipinski definition) is 1. The van der Waals surface area contributed by atoms with E-state index >= 15 is 0 Å². The molecule has 0 unspecified atom stereocenters. The number of amides is 3. The molecule has 0 fully saturated rings. The Morgan fingerprint density at radius 1 is 0.879 bits per heavy atom. The number of anilines is 1. The minimum atomic E-state index is -0.459. The van der Waals surface area contributed by atoms with Gasteiger partial charge in [0.05, 0.1) is 22.4 Å². The number of carbonyl (C=O) groups is 3. The monoisotopic (exact) mass is 441 g/mol. The summed E-state index contributed by atoms with van der Waals surface area (Å²) in [6.07, 6.45) is 3.31. The summed E-state index contributed by atoms with van der Waals surface area (Å²) in [5, 5.41) is 2.85. The van der Waals surface area contributed by atoms with Crippen molar-refractivity contribution in [2.75, 3.05) is 4.90 Å². The van der Waals surface area contributed by atoms with E-state index in [9.17, 15) is 14.4 Å². The van der Waals surface area contributed by atoms with Gasteiger partial charge in [-0.2, -0.15) is 0 Å². The van der Waals surface area contributed by atoms with Gasteiger partial charge in [0.1, 0.15) is 0 Å². The van der Waals surface area contributed by atoms with Crippen molar-refractivity contribution in [1.82, 2.24) is 10.3 Å². The highest BCUT2D eigenvalue weighted by molar-refractivity contribution is 6.36. The third-order valence-electron chi connectivity index (χ3n) is 5.93.